The van der Waals surface area contributed by atoms with Gasteiger partial charge in [0.1, 0.15) is 17.4 Å². The average Bonchev–Trinajstić information content (AvgIpc) is 2.36. The van der Waals surface area contributed by atoms with E-state index in [0.29, 0.717) is 5.82 Å². The highest BCUT2D eigenvalue weighted by Gasteiger charge is 2.23. The van der Waals surface area contributed by atoms with Crippen LogP contribution >= 0.6 is 0 Å². The van der Waals surface area contributed by atoms with Gasteiger partial charge < -0.3 is 20.5 Å². The molecule has 0 saturated heterocycles. The van der Waals surface area contributed by atoms with Crippen LogP contribution in [0.5, 0.6) is 0 Å². The molecule has 1 rings (SSSR count). The van der Waals surface area contributed by atoms with E-state index >= 15 is 0 Å². The number of aryl methyl sites for hydroxylation is 1. The minimum absolute atomic E-state index is 0.00494. The van der Waals surface area contributed by atoms with Gasteiger partial charge in [-0.15, -0.1) is 0 Å². The monoisotopic (exact) mass is 297 g/mol. The predicted molar refractivity (Wildman–Crippen MR) is 74.3 cm³/mol. The number of aromatic amines is 1. The molecule has 0 bridgehead atoms. The molecule has 1 aromatic rings. The number of carboxylic acids is 1. The van der Waals surface area contributed by atoms with Gasteiger partial charge in [-0.1, -0.05) is 13.8 Å². The smallest absolute Gasteiger partial charge is 0.326 e. The fourth-order valence-corrected chi connectivity index (χ4v) is 1.77. The summed E-state index contributed by atoms with van der Waals surface area (Å²) in [7, 11) is 0. The molecule has 1 atom stereocenters. The minimum Gasteiger partial charge on any atom is -0.480 e. The van der Waals surface area contributed by atoms with Crippen LogP contribution in [0.2, 0.25) is 0 Å². The molecular formula is C13H19N3O5. The number of hydrogen-bond acceptors (Lipinski definition) is 5. The second-order valence-electron chi connectivity index (χ2n) is 4.94. The van der Waals surface area contributed by atoms with E-state index in [1.807, 2.05) is 13.8 Å². The molecule has 0 fully saturated rings. The zero-order valence-corrected chi connectivity index (χ0v) is 12.1. The van der Waals surface area contributed by atoms with E-state index in [4.69, 9.17) is 10.2 Å². The van der Waals surface area contributed by atoms with Gasteiger partial charge in [0.2, 0.25) is 0 Å². The number of carboxylic acid groups (broad SMARTS) is 1. The van der Waals surface area contributed by atoms with Crippen molar-refractivity contribution in [1.82, 2.24) is 15.3 Å². The van der Waals surface area contributed by atoms with Gasteiger partial charge in [-0.2, -0.15) is 0 Å². The van der Waals surface area contributed by atoms with Crippen molar-refractivity contribution in [2.24, 2.45) is 0 Å². The van der Waals surface area contributed by atoms with Crippen molar-refractivity contribution in [2.45, 2.75) is 39.2 Å². The van der Waals surface area contributed by atoms with Gasteiger partial charge in [0.15, 0.2) is 0 Å². The third-order valence-electron chi connectivity index (χ3n) is 2.91. The van der Waals surface area contributed by atoms with Crippen LogP contribution in [0.15, 0.2) is 4.79 Å². The molecule has 0 aliphatic rings. The zero-order valence-electron chi connectivity index (χ0n) is 12.1. The molecule has 0 aliphatic heterocycles. The summed E-state index contributed by atoms with van der Waals surface area (Å²) in [5.74, 6) is -1.65. The fraction of sp³-hybridized carbons (Fsp3) is 0.538. The number of rotatable bonds is 6. The van der Waals surface area contributed by atoms with E-state index < -0.39 is 30.1 Å². The molecule has 0 saturated carbocycles. The number of aromatic nitrogens is 2. The zero-order chi connectivity index (χ0) is 16.2. The molecule has 0 aliphatic carbocycles. The van der Waals surface area contributed by atoms with Crippen LogP contribution in [0.1, 0.15) is 48.1 Å². The summed E-state index contributed by atoms with van der Waals surface area (Å²) in [4.78, 5) is 41.6. The highest BCUT2D eigenvalue weighted by Crippen LogP contribution is 2.09. The number of aliphatic hydroxyl groups excluding tert-OH is 1. The van der Waals surface area contributed by atoms with Crippen molar-refractivity contribution < 1.29 is 19.8 Å². The number of hydrogen-bond donors (Lipinski definition) is 4. The number of aliphatic hydroxyl groups is 1. The Morgan fingerprint density at radius 3 is 2.43 bits per heavy atom. The highest BCUT2D eigenvalue weighted by molar-refractivity contribution is 5.97. The van der Waals surface area contributed by atoms with E-state index in [9.17, 15) is 14.4 Å². The third-order valence-corrected chi connectivity index (χ3v) is 2.91. The standard InChI is InChI=1S/C13H19N3O5/c1-6(2)10-14-7(3)9(12(19)16-10)11(18)15-8(4-5-17)13(20)21/h6,8,17H,4-5H2,1-3H3,(H,15,18)(H,20,21)(H,14,16,19)/t8-/m1/s1. The maximum absolute atomic E-state index is 12.0. The van der Waals surface area contributed by atoms with E-state index in [2.05, 4.69) is 15.3 Å². The summed E-state index contributed by atoms with van der Waals surface area (Å²) < 4.78 is 0. The first-order valence-corrected chi connectivity index (χ1v) is 6.53. The summed E-state index contributed by atoms with van der Waals surface area (Å²) in [6.45, 7) is 4.81. The Morgan fingerprint density at radius 1 is 1.38 bits per heavy atom. The van der Waals surface area contributed by atoms with E-state index in [-0.39, 0.29) is 23.6 Å². The Labute approximate surface area is 121 Å². The lowest BCUT2D eigenvalue weighted by Crippen LogP contribution is -2.43. The molecule has 1 heterocycles. The van der Waals surface area contributed by atoms with Crippen LogP contribution in [0.25, 0.3) is 0 Å². The Bertz CT molecular complexity index is 594. The molecule has 116 valence electrons. The molecule has 0 radical (unpaired) electrons. The summed E-state index contributed by atoms with van der Waals surface area (Å²) in [5, 5.41) is 19.9. The molecule has 8 heteroatoms. The molecule has 0 spiro atoms. The summed E-state index contributed by atoms with van der Waals surface area (Å²) in [6.07, 6.45) is -0.143. The van der Waals surface area contributed by atoms with Crippen LogP contribution in [0, 0.1) is 6.92 Å². The number of amides is 1. The van der Waals surface area contributed by atoms with E-state index in [1.165, 1.54) is 6.92 Å². The highest BCUT2D eigenvalue weighted by atomic mass is 16.4. The topological polar surface area (TPSA) is 132 Å². The van der Waals surface area contributed by atoms with Crippen molar-refractivity contribution in [1.29, 1.82) is 0 Å². The van der Waals surface area contributed by atoms with Gasteiger partial charge in [-0.05, 0) is 6.92 Å². The number of aliphatic carboxylic acids is 1. The molecule has 1 amide bonds. The molecule has 1 aromatic heterocycles. The first-order valence-electron chi connectivity index (χ1n) is 6.53. The van der Waals surface area contributed by atoms with E-state index in [0.717, 1.165) is 0 Å². The number of nitrogens with one attached hydrogen (secondary N) is 2. The number of H-pyrrole nitrogens is 1. The van der Waals surface area contributed by atoms with Gasteiger partial charge in [0.05, 0.1) is 5.69 Å². The van der Waals surface area contributed by atoms with Crippen molar-refractivity contribution >= 4 is 11.9 Å². The number of nitrogens with zero attached hydrogens (tertiary/aromatic N) is 1. The van der Waals surface area contributed by atoms with E-state index in [1.54, 1.807) is 0 Å². The Balaban J connectivity index is 3.08. The van der Waals surface area contributed by atoms with Gasteiger partial charge >= 0.3 is 5.97 Å². The lowest BCUT2D eigenvalue weighted by atomic mass is 10.1. The predicted octanol–water partition coefficient (Wildman–Crippen LogP) is -0.233. The van der Waals surface area contributed by atoms with Crippen molar-refractivity contribution in [3.63, 3.8) is 0 Å². The van der Waals surface area contributed by atoms with Crippen LogP contribution in [0.3, 0.4) is 0 Å². The van der Waals surface area contributed by atoms with Crippen LogP contribution in [-0.2, 0) is 4.79 Å². The largest absolute Gasteiger partial charge is 0.480 e. The molecule has 4 N–H and O–H groups in total. The van der Waals surface area contributed by atoms with Crippen LogP contribution in [-0.4, -0.2) is 44.7 Å². The van der Waals surface area contributed by atoms with Gasteiger partial charge in [0, 0.05) is 18.9 Å². The van der Waals surface area contributed by atoms with Crippen LogP contribution in [0.4, 0.5) is 0 Å². The molecular weight excluding hydrogens is 278 g/mol. The van der Waals surface area contributed by atoms with Crippen LogP contribution < -0.4 is 10.9 Å². The maximum Gasteiger partial charge on any atom is 0.326 e. The molecule has 0 unspecified atom stereocenters. The minimum atomic E-state index is -1.28. The molecule has 0 aromatic carbocycles. The summed E-state index contributed by atoms with van der Waals surface area (Å²) >= 11 is 0. The van der Waals surface area contributed by atoms with Gasteiger partial charge in [-0.3, -0.25) is 9.59 Å². The first kappa shape index (κ1) is 16.8. The van der Waals surface area contributed by atoms with Crippen molar-refractivity contribution in [3.8, 4) is 0 Å². The molecule has 8 nitrogen and oxygen atoms in total. The Kier molecular flexibility index (Phi) is 5.60. The summed E-state index contributed by atoms with van der Waals surface area (Å²) in [6, 6.07) is -1.26. The third kappa shape index (κ3) is 4.12. The SMILES string of the molecule is Cc1nc(C(C)C)[nH]c(=O)c1C(=O)N[C@H](CCO)C(=O)O. The second-order valence-corrected chi connectivity index (χ2v) is 4.94. The van der Waals surface area contributed by atoms with Crippen molar-refractivity contribution in [3.05, 3.63) is 27.4 Å². The lowest BCUT2D eigenvalue weighted by Gasteiger charge is -2.14. The quantitative estimate of drug-likeness (QED) is 0.573. The normalized spacial score (nSPS) is 12.2. The average molecular weight is 297 g/mol. The molecule has 21 heavy (non-hydrogen) atoms. The second kappa shape index (κ2) is 6.98. The first-order chi connectivity index (χ1) is 9.77. The van der Waals surface area contributed by atoms with Gasteiger partial charge in [0.25, 0.3) is 11.5 Å². The number of carbonyl (C=O) groups excluding carboxylic acids is 1. The maximum atomic E-state index is 12.0. The Morgan fingerprint density at radius 2 is 2.00 bits per heavy atom. The summed E-state index contributed by atoms with van der Waals surface area (Å²) in [5.41, 5.74) is -0.603. The van der Waals surface area contributed by atoms with Crippen molar-refractivity contribution in [2.75, 3.05) is 6.61 Å². The Hall–Kier alpha value is -2.22. The lowest BCUT2D eigenvalue weighted by molar-refractivity contribution is -0.139. The number of carbonyl (C=O) groups is 2. The fourth-order valence-electron chi connectivity index (χ4n) is 1.77. The van der Waals surface area contributed by atoms with Gasteiger partial charge in [-0.25, -0.2) is 9.78 Å².